The van der Waals surface area contributed by atoms with Crippen molar-refractivity contribution in [3.63, 3.8) is 0 Å². The molecule has 2 rings (SSSR count). The molecular weight excluding hydrogens is 252 g/mol. The van der Waals surface area contributed by atoms with E-state index in [1.807, 2.05) is 6.92 Å². The molecule has 1 heterocycles. The van der Waals surface area contributed by atoms with Crippen LogP contribution in [0.15, 0.2) is 0 Å². The minimum Gasteiger partial charge on any atom is -0.299 e. The first-order valence-corrected chi connectivity index (χ1v) is 8.44. The number of hydrogen-bond acceptors (Lipinski definition) is 3. The highest BCUT2D eigenvalue weighted by Crippen LogP contribution is 2.44. The molecule has 3 heteroatoms. The Balaban J connectivity index is 1.77. The molecule has 2 bridgehead atoms. The summed E-state index contributed by atoms with van der Waals surface area (Å²) in [7, 11) is 0. The van der Waals surface area contributed by atoms with Gasteiger partial charge >= 0.3 is 0 Å². The van der Waals surface area contributed by atoms with E-state index in [0.29, 0.717) is 18.1 Å². The maximum absolute atomic E-state index is 12.0. The zero-order chi connectivity index (χ0) is 14.6. The molecule has 2 fully saturated rings. The van der Waals surface area contributed by atoms with Gasteiger partial charge < -0.3 is 0 Å². The highest BCUT2D eigenvalue weighted by Gasteiger charge is 2.49. The van der Waals surface area contributed by atoms with Crippen molar-refractivity contribution in [2.24, 2.45) is 11.8 Å². The van der Waals surface area contributed by atoms with E-state index >= 15 is 0 Å². The summed E-state index contributed by atoms with van der Waals surface area (Å²) < 4.78 is 0. The minimum atomic E-state index is -0.253. The van der Waals surface area contributed by atoms with Crippen LogP contribution in [0.1, 0.15) is 78.6 Å². The number of unbranched alkanes of at least 4 members (excludes halogenated alkanes) is 5. The van der Waals surface area contributed by atoms with Crippen LogP contribution in [0, 0.1) is 11.8 Å². The van der Waals surface area contributed by atoms with E-state index < -0.39 is 0 Å². The zero-order valence-electron chi connectivity index (χ0n) is 13.3. The van der Waals surface area contributed by atoms with Crippen LogP contribution in [0.5, 0.6) is 0 Å². The third-order valence-electron chi connectivity index (χ3n) is 5.28. The van der Waals surface area contributed by atoms with Crippen molar-refractivity contribution in [1.82, 2.24) is 0 Å². The van der Waals surface area contributed by atoms with Crippen LogP contribution in [0.3, 0.4) is 0 Å². The van der Waals surface area contributed by atoms with Crippen LogP contribution in [-0.2, 0) is 14.6 Å². The summed E-state index contributed by atoms with van der Waals surface area (Å²) >= 11 is 0. The van der Waals surface area contributed by atoms with Crippen molar-refractivity contribution in [3.8, 4) is 0 Å². The topological polar surface area (TPSA) is 35.5 Å². The molecule has 1 aliphatic heterocycles. The van der Waals surface area contributed by atoms with Gasteiger partial charge in [-0.3, -0.25) is 4.79 Å². The van der Waals surface area contributed by atoms with Crippen molar-refractivity contribution in [2.75, 3.05) is 0 Å². The summed E-state index contributed by atoms with van der Waals surface area (Å²) in [5.74, 6) is 0.703. The lowest BCUT2D eigenvalue weighted by Crippen LogP contribution is -2.52. The average molecular weight is 282 g/mol. The number of ketones is 1. The summed E-state index contributed by atoms with van der Waals surface area (Å²) in [6.45, 7) is 6.33. The van der Waals surface area contributed by atoms with Gasteiger partial charge in [0.05, 0.1) is 0 Å². The SMILES string of the molecule is CCCCCCCC[C@]1(C)OO[C@H]2C[C@@H]1CC(=O)[C@H]2C. The van der Waals surface area contributed by atoms with Gasteiger partial charge in [-0.15, -0.1) is 0 Å². The molecule has 0 aromatic heterocycles. The van der Waals surface area contributed by atoms with Gasteiger partial charge in [0.25, 0.3) is 0 Å². The van der Waals surface area contributed by atoms with Gasteiger partial charge in [-0.1, -0.05) is 52.4 Å². The van der Waals surface area contributed by atoms with Crippen LogP contribution in [-0.4, -0.2) is 17.5 Å². The van der Waals surface area contributed by atoms with Crippen molar-refractivity contribution < 1.29 is 14.6 Å². The average Bonchev–Trinajstić information content (AvgIpc) is 2.43. The second-order valence-electron chi connectivity index (χ2n) is 6.94. The molecule has 1 saturated heterocycles. The summed E-state index contributed by atoms with van der Waals surface area (Å²) in [5.41, 5.74) is -0.253. The standard InChI is InChI=1S/C17H30O3/c1-4-5-6-7-8-9-10-17(3)14-11-15(18)13(2)16(12-14)19-20-17/h13-14,16H,4-12H2,1-3H3/t13-,14+,16+,17+/m1/s1. The lowest BCUT2D eigenvalue weighted by molar-refractivity contribution is -0.429. The number of carbonyl (C=O) groups is 1. The van der Waals surface area contributed by atoms with Crippen molar-refractivity contribution in [2.45, 2.75) is 90.3 Å². The molecule has 4 atom stereocenters. The number of hydrogen-bond donors (Lipinski definition) is 0. The Kier molecular flexibility index (Phi) is 5.62. The first-order chi connectivity index (χ1) is 9.57. The summed E-state index contributed by atoms with van der Waals surface area (Å²) in [5, 5.41) is 0. The monoisotopic (exact) mass is 282 g/mol. The van der Waals surface area contributed by atoms with Crippen molar-refractivity contribution >= 4 is 5.78 Å². The highest BCUT2D eigenvalue weighted by molar-refractivity contribution is 5.82. The fraction of sp³-hybridized carbons (Fsp3) is 0.941. The number of fused-ring (bicyclic) bond motifs is 2. The third kappa shape index (κ3) is 3.62. The van der Waals surface area contributed by atoms with E-state index in [1.165, 1.54) is 38.5 Å². The minimum absolute atomic E-state index is 0.00449. The van der Waals surface area contributed by atoms with Crippen LogP contribution >= 0.6 is 0 Å². The van der Waals surface area contributed by atoms with Gasteiger partial charge in [-0.05, 0) is 19.8 Å². The fourth-order valence-electron chi connectivity index (χ4n) is 3.53. The van der Waals surface area contributed by atoms with Gasteiger partial charge in [0, 0.05) is 18.3 Å². The smallest absolute Gasteiger partial charge is 0.138 e. The third-order valence-corrected chi connectivity index (χ3v) is 5.28. The van der Waals surface area contributed by atoms with Crippen molar-refractivity contribution in [3.05, 3.63) is 0 Å². The Morgan fingerprint density at radius 2 is 1.90 bits per heavy atom. The molecule has 20 heavy (non-hydrogen) atoms. The van der Waals surface area contributed by atoms with Gasteiger partial charge in [0.1, 0.15) is 17.5 Å². The summed E-state index contributed by atoms with van der Waals surface area (Å²) in [4.78, 5) is 23.3. The van der Waals surface area contributed by atoms with Crippen LogP contribution in [0.2, 0.25) is 0 Å². The quantitative estimate of drug-likeness (QED) is 0.511. The maximum atomic E-state index is 12.0. The summed E-state index contributed by atoms with van der Waals surface area (Å²) in [6, 6.07) is 0. The molecule has 0 radical (unpaired) electrons. The van der Waals surface area contributed by atoms with Gasteiger partial charge in [0.15, 0.2) is 0 Å². The summed E-state index contributed by atoms with van der Waals surface area (Å²) in [6.07, 6.45) is 10.4. The molecule has 0 aromatic rings. The molecule has 116 valence electrons. The van der Waals surface area contributed by atoms with Crippen LogP contribution < -0.4 is 0 Å². The molecule has 3 nitrogen and oxygen atoms in total. The molecule has 0 unspecified atom stereocenters. The first kappa shape index (κ1) is 16.0. The van der Waals surface area contributed by atoms with Gasteiger partial charge in [0.2, 0.25) is 0 Å². The van der Waals surface area contributed by atoms with Crippen LogP contribution in [0.4, 0.5) is 0 Å². The van der Waals surface area contributed by atoms with Gasteiger partial charge in [-0.25, -0.2) is 9.78 Å². The molecule has 2 aliphatic rings. The van der Waals surface area contributed by atoms with Crippen molar-refractivity contribution in [1.29, 1.82) is 0 Å². The highest BCUT2D eigenvalue weighted by atomic mass is 17.2. The molecule has 0 amide bonds. The number of Topliss-reactive ketones (excluding diaryl/α,β-unsaturated/α-hetero) is 1. The Labute approximate surface area is 123 Å². The maximum Gasteiger partial charge on any atom is 0.138 e. The molecule has 1 aliphatic carbocycles. The lowest BCUT2D eigenvalue weighted by atomic mass is 9.70. The zero-order valence-corrected chi connectivity index (χ0v) is 13.3. The van der Waals surface area contributed by atoms with E-state index in [0.717, 1.165) is 12.8 Å². The Hall–Kier alpha value is -0.410. The van der Waals surface area contributed by atoms with Crippen LogP contribution in [0.25, 0.3) is 0 Å². The number of carbonyl (C=O) groups excluding carboxylic acids is 1. The predicted octanol–water partition coefficient (Wildman–Crippen LogP) is 4.44. The van der Waals surface area contributed by atoms with E-state index in [9.17, 15) is 4.79 Å². The Bertz CT molecular complexity index is 328. The van der Waals surface area contributed by atoms with E-state index in [2.05, 4.69) is 13.8 Å². The molecule has 0 N–H and O–H groups in total. The Morgan fingerprint density at radius 3 is 2.65 bits per heavy atom. The second kappa shape index (κ2) is 7.04. The Morgan fingerprint density at radius 1 is 1.20 bits per heavy atom. The van der Waals surface area contributed by atoms with E-state index in [-0.39, 0.29) is 17.6 Å². The molecule has 0 aromatic carbocycles. The second-order valence-corrected chi connectivity index (χ2v) is 6.94. The molecule has 1 saturated carbocycles. The fourth-order valence-corrected chi connectivity index (χ4v) is 3.53. The van der Waals surface area contributed by atoms with Gasteiger partial charge in [-0.2, -0.15) is 0 Å². The molecule has 0 spiro atoms. The van der Waals surface area contributed by atoms with E-state index in [4.69, 9.17) is 9.78 Å². The first-order valence-electron chi connectivity index (χ1n) is 8.44. The molecular formula is C17H30O3. The lowest BCUT2D eigenvalue weighted by Gasteiger charge is -2.47. The normalized spacial score (nSPS) is 37.1. The number of rotatable bonds is 7. The predicted molar refractivity (Wildman–Crippen MR) is 79.3 cm³/mol. The largest absolute Gasteiger partial charge is 0.299 e. The van der Waals surface area contributed by atoms with E-state index in [1.54, 1.807) is 0 Å².